The van der Waals surface area contributed by atoms with Gasteiger partial charge in [-0.3, -0.25) is 9.48 Å². The highest BCUT2D eigenvalue weighted by Gasteiger charge is 2.17. The van der Waals surface area contributed by atoms with Gasteiger partial charge in [0, 0.05) is 19.3 Å². The number of carbonyl (C=O) groups is 1. The first-order valence-electron chi connectivity index (χ1n) is 8.96. The normalized spacial score (nSPS) is 16.6. The van der Waals surface area contributed by atoms with Crippen LogP contribution in [0.25, 0.3) is 0 Å². The van der Waals surface area contributed by atoms with Gasteiger partial charge in [-0.2, -0.15) is 5.10 Å². The molecule has 0 bridgehead atoms. The third kappa shape index (κ3) is 5.75. The molecule has 1 unspecified atom stereocenters. The van der Waals surface area contributed by atoms with Gasteiger partial charge >= 0.3 is 0 Å². The van der Waals surface area contributed by atoms with Gasteiger partial charge < -0.3 is 15.4 Å². The number of nitrogens with zero attached hydrogens (tertiary/aromatic N) is 2. The largest absolute Gasteiger partial charge is 0.494 e. The van der Waals surface area contributed by atoms with E-state index >= 15 is 0 Å². The van der Waals surface area contributed by atoms with Crippen molar-refractivity contribution in [2.24, 2.45) is 0 Å². The summed E-state index contributed by atoms with van der Waals surface area (Å²) >= 11 is 0. The molecule has 1 atom stereocenters. The molecule has 0 spiro atoms. The zero-order valence-corrected chi connectivity index (χ0v) is 15.9. The Morgan fingerprint density at radius 3 is 2.88 bits per heavy atom. The molecule has 2 heterocycles. The molecule has 26 heavy (non-hydrogen) atoms. The topological polar surface area (TPSA) is 68.2 Å². The van der Waals surface area contributed by atoms with Crippen molar-refractivity contribution in [3.05, 3.63) is 47.8 Å². The number of rotatable bonds is 7. The fourth-order valence-electron chi connectivity index (χ4n) is 2.91. The number of hydrogen-bond acceptors (Lipinski definition) is 4. The van der Waals surface area contributed by atoms with Gasteiger partial charge in [-0.1, -0.05) is 17.7 Å². The Bertz CT molecular complexity index is 681. The monoisotopic (exact) mass is 378 g/mol. The van der Waals surface area contributed by atoms with Crippen LogP contribution in [0, 0.1) is 6.92 Å². The average molecular weight is 379 g/mol. The zero-order valence-electron chi connectivity index (χ0n) is 15.1. The average Bonchev–Trinajstić information content (AvgIpc) is 3.14. The summed E-state index contributed by atoms with van der Waals surface area (Å²) in [5.41, 5.74) is 1.69. The number of hydrogen-bond donors (Lipinski definition) is 2. The maximum atomic E-state index is 12.2. The van der Waals surface area contributed by atoms with E-state index in [0.717, 1.165) is 38.1 Å². The molecule has 1 aliphatic rings. The van der Waals surface area contributed by atoms with E-state index in [1.54, 1.807) is 6.07 Å². The van der Waals surface area contributed by atoms with Crippen LogP contribution in [-0.2, 0) is 0 Å². The molecule has 1 aliphatic heterocycles. The van der Waals surface area contributed by atoms with Crippen molar-refractivity contribution >= 4 is 18.3 Å². The van der Waals surface area contributed by atoms with Gasteiger partial charge in [0.1, 0.15) is 11.4 Å². The summed E-state index contributed by atoms with van der Waals surface area (Å²) in [4.78, 5) is 12.2. The van der Waals surface area contributed by atoms with E-state index in [1.807, 2.05) is 42.1 Å². The number of aryl methyl sites for hydroxylation is 1. The third-order valence-corrected chi connectivity index (χ3v) is 4.38. The van der Waals surface area contributed by atoms with Crippen molar-refractivity contribution in [1.29, 1.82) is 0 Å². The van der Waals surface area contributed by atoms with Crippen molar-refractivity contribution in [3.8, 4) is 5.75 Å². The van der Waals surface area contributed by atoms with E-state index in [9.17, 15) is 4.79 Å². The van der Waals surface area contributed by atoms with E-state index in [-0.39, 0.29) is 18.3 Å². The van der Waals surface area contributed by atoms with Crippen LogP contribution in [0.15, 0.2) is 36.5 Å². The summed E-state index contributed by atoms with van der Waals surface area (Å²) < 4.78 is 7.56. The Labute approximate surface area is 160 Å². The predicted molar refractivity (Wildman–Crippen MR) is 104 cm³/mol. The fraction of sp³-hybridized carbons (Fsp3) is 0.474. The smallest absolute Gasteiger partial charge is 0.271 e. The first-order valence-corrected chi connectivity index (χ1v) is 8.96. The van der Waals surface area contributed by atoms with Gasteiger partial charge in [0.25, 0.3) is 5.91 Å². The number of amides is 1. The minimum absolute atomic E-state index is 0. The van der Waals surface area contributed by atoms with Gasteiger partial charge in [0.15, 0.2) is 0 Å². The molecule has 142 valence electrons. The van der Waals surface area contributed by atoms with E-state index in [4.69, 9.17) is 4.74 Å². The second-order valence-corrected chi connectivity index (χ2v) is 6.45. The zero-order chi connectivity index (χ0) is 17.5. The van der Waals surface area contributed by atoms with Crippen LogP contribution >= 0.6 is 12.4 Å². The van der Waals surface area contributed by atoms with E-state index in [1.165, 1.54) is 5.56 Å². The molecule has 3 rings (SSSR count). The number of aromatic nitrogens is 2. The first kappa shape index (κ1) is 20.3. The second kappa shape index (κ2) is 10.2. The summed E-state index contributed by atoms with van der Waals surface area (Å²) in [5.74, 6) is 0.731. The lowest BCUT2D eigenvalue weighted by Gasteiger charge is -2.22. The molecule has 0 saturated carbocycles. The number of carbonyl (C=O) groups excluding carboxylic acids is 1. The van der Waals surface area contributed by atoms with E-state index in [2.05, 4.69) is 15.7 Å². The Morgan fingerprint density at radius 1 is 1.35 bits per heavy atom. The maximum absolute atomic E-state index is 12.2. The van der Waals surface area contributed by atoms with E-state index in [0.29, 0.717) is 24.9 Å². The van der Waals surface area contributed by atoms with Crippen molar-refractivity contribution in [2.45, 2.75) is 32.2 Å². The number of nitrogens with one attached hydrogen (secondary N) is 2. The highest BCUT2D eigenvalue weighted by Crippen LogP contribution is 2.15. The Morgan fingerprint density at radius 2 is 2.15 bits per heavy atom. The molecule has 2 N–H and O–H groups in total. The van der Waals surface area contributed by atoms with Crippen LogP contribution in [0.1, 0.15) is 41.4 Å². The Hall–Kier alpha value is -2.05. The number of ether oxygens (including phenoxy) is 1. The molecule has 7 heteroatoms. The molecule has 0 radical (unpaired) electrons. The van der Waals surface area contributed by atoms with Gasteiger partial charge in [0.05, 0.1) is 12.6 Å². The van der Waals surface area contributed by atoms with Crippen LogP contribution in [0.4, 0.5) is 0 Å². The highest BCUT2D eigenvalue weighted by molar-refractivity contribution is 5.92. The summed E-state index contributed by atoms with van der Waals surface area (Å²) in [6.45, 7) is 5.17. The molecule has 2 aromatic rings. The van der Waals surface area contributed by atoms with Crippen LogP contribution < -0.4 is 15.4 Å². The summed E-state index contributed by atoms with van der Waals surface area (Å²) in [6.07, 6.45) is 4.90. The van der Waals surface area contributed by atoms with Crippen molar-refractivity contribution in [3.63, 3.8) is 0 Å². The molecular weight excluding hydrogens is 352 g/mol. The molecule has 1 saturated heterocycles. The highest BCUT2D eigenvalue weighted by atomic mass is 35.5. The number of benzene rings is 1. The molecule has 1 fully saturated rings. The number of halogens is 1. The van der Waals surface area contributed by atoms with Crippen LogP contribution in [0.3, 0.4) is 0 Å². The minimum atomic E-state index is -0.127. The van der Waals surface area contributed by atoms with Gasteiger partial charge in [-0.15, -0.1) is 12.4 Å². The number of piperidine rings is 1. The van der Waals surface area contributed by atoms with E-state index < -0.39 is 0 Å². The fourth-order valence-corrected chi connectivity index (χ4v) is 2.91. The third-order valence-electron chi connectivity index (χ3n) is 4.38. The lowest BCUT2D eigenvalue weighted by atomic mass is 10.1. The summed E-state index contributed by atoms with van der Waals surface area (Å²) in [6, 6.07) is 10.1. The summed E-state index contributed by atoms with van der Waals surface area (Å²) in [7, 11) is 0. The quantitative estimate of drug-likeness (QED) is 0.727. The summed E-state index contributed by atoms with van der Waals surface area (Å²) in [5, 5.41) is 10.7. The van der Waals surface area contributed by atoms with Gasteiger partial charge in [0.2, 0.25) is 0 Å². The lowest BCUT2D eigenvalue weighted by Crippen LogP contribution is -2.32. The van der Waals surface area contributed by atoms with Crippen molar-refractivity contribution in [2.75, 3.05) is 26.2 Å². The van der Waals surface area contributed by atoms with Crippen molar-refractivity contribution in [1.82, 2.24) is 20.4 Å². The Balaban J connectivity index is 0.00000243. The molecular formula is C19H27ClN4O2. The molecule has 1 aromatic heterocycles. The molecule has 0 aliphatic carbocycles. The van der Waals surface area contributed by atoms with Crippen LogP contribution in [0.2, 0.25) is 0 Å². The SMILES string of the molecule is Cc1ccc(OCCCNC(=O)c2ccn(C3CCCNC3)n2)cc1.Cl. The Kier molecular flexibility index (Phi) is 7.94. The maximum Gasteiger partial charge on any atom is 0.271 e. The first-order chi connectivity index (χ1) is 12.2. The van der Waals surface area contributed by atoms with Crippen LogP contribution in [-0.4, -0.2) is 41.9 Å². The predicted octanol–water partition coefficient (Wildman–Crippen LogP) is 2.74. The molecule has 1 amide bonds. The standard InChI is InChI=1S/C19H26N4O2.ClH/c1-15-5-7-17(8-6-15)25-13-3-11-21-19(24)18-9-12-23(22-18)16-4-2-10-20-14-16;/h5-9,12,16,20H,2-4,10-11,13-14H2,1H3,(H,21,24);1H. The second-order valence-electron chi connectivity index (χ2n) is 6.45. The lowest BCUT2D eigenvalue weighted by molar-refractivity contribution is 0.0945. The molecule has 6 nitrogen and oxygen atoms in total. The van der Waals surface area contributed by atoms with Crippen molar-refractivity contribution < 1.29 is 9.53 Å². The molecule has 1 aromatic carbocycles. The van der Waals surface area contributed by atoms with Gasteiger partial charge in [-0.25, -0.2) is 0 Å². The minimum Gasteiger partial charge on any atom is -0.494 e. The van der Waals surface area contributed by atoms with Crippen LogP contribution in [0.5, 0.6) is 5.75 Å². The van der Waals surface area contributed by atoms with Gasteiger partial charge in [-0.05, 0) is 50.9 Å².